The van der Waals surface area contributed by atoms with Crippen LogP contribution in [-0.2, 0) is 6.54 Å². The van der Waals surface area contributed by atoms with E-state index in [1.54, 1.807) is 0 Å². The van der Waals surface area contributed by atoms with Crippen molar-refractivity contribution in [2.24, 2.45) is 11.8 Å². The molecule has 1 aliphatic carbocycles. The molecule has 0 bridgehead atoms. The largest absolute Gasteiger partial charge is 0.312 e. The van der Waals surface area contributed by atoms with E-state index in [0.717, 1.165) is 36.1 Å². The van der Waals surface area contributed by atoms with Crippen molar-refractivity contribution in [1.82, 2.24) is 10.3 Å². The van der Waals surface area contributed by atoms with E-state index in [1.165, 1.54) is 23.8 Å². The molecule has 0 saturated heterocycles. The van der Waals surface area contributed by atoms with Crippen molar-refractivity contribution in [3.05, 3.63) is 41.6 Å². The van der Waals surface area contributed by atoms with Gasteiger partial charge in [-0.1, -0.05) is 25.1 Å². The summed E-state index contributed by atoms with van der Waals surface area (Å²) in [5.74, 6) is 1.79. The van der Waals surface area contributed by atoms with Gasteiger partial charge in [-0.15, -0.1) is 0 Å². The lowest BCUT2D eigenvalue weighted by atomic mass is 10.1. The molecule has 1 aliphatic rings. The summed E-state index contributed by atoms with van der Waals surface area (Å²) in [5, 5.41) is 4.89. The Morgan fingerprint density at radius 2 is 2.11 bits per heavy atom. The lowest BCUT2D eigenvalue weighted by molar-refractivity contribution is 0.462. The highest BCUT2D eigenvalue weighted by Gasteiger charge is 2.27. The first-order valence-corrected chi connectivity index (χ1v) is 7.30. The van der Waals surface area contributed by atoms with Gasteiger partial charge < -0.3 is 5.32 Å². The number of fused-ring (bicyclic) bond motifs is 1. The Bertz CT molecular complexity index is 572. The topological polar surface area (TPSA) is 24.9 Å². The van der Waals surface area contributed by atoms with E-state index in [4.69, 9.17) is 0 Å². The summed E-state index contributed by atoms with van der Waals surface area (Å²) in [6.45, 7) is 6.50. The van der Waals surface area contributed by atoms with Crippen molar-refractivity contribution in [3.63, 3.8) is 0 Å². The first-order valence-electron chi connectivity index (χ1n) is 7.30. The van der Waals surface area contributed by atoms with Crippen LogP contribution in [0.3, 0.4) is 0 Å². The first kappa shape index (κ1) is 12.6. The zero-order chi connectivity index (χ0) is 13.2. The number of hydrogen-bond donors (Lipinski definition) is 1. The highest BCUT2D eigenvalue weighted by Crippen LogP contribution is 2.36. The molecule has 1 saturated carbocycles. The molecule has 1 heterocycles. The average Bonchev–Trinajstić information content (AvgIpc) is 3.22. The fourth-order valence-electron chi connectivity index (χ4n) is 2.81. The number of aryl methyl sites for hydroxylation is 1. The summed E-state index contributed by atoms with van der Waals surface area (Å²) in [5.41, 5.74) is 3.58. The maximum absolute atomic E-state index is 4.59. The predicted molar refractivity (Wildman–Crippen MR) is 80.1 cm³/mol. The van der Waals surface area contributed by atoms with E-state index in [9.17, 15) is 0 Å². The van der Waals surface area contributed by atoms with Crippen LogP contribution in [0.2, 0.25) is 0 Å². The fraction of sp³-hybridized carbons (Fsp3) is 0.471. The minimum Gasteiger partial charge on any atom is -0.312 e. The van der Waals surface area contributed by atoms with Gasteiger partial charge in [0.2, 0.25) is 0 Å². The molecule has 1 aromatic carbocycles. The third kappa shape index (κ3) is 2.95. The smallest absolute Gasteiger partial charge is 0.0708 e. The third-order valence-corrected chi connectivity index (χ3v) is 4.14. The Hall–Kier alpha value is -1.41. The van der Waals surface area contributed by atoms with E-state index in [1.807, 2.05) is 0 Å². The van der Waals surface area contributed by atoms with Gasteiger partial charge in [-0.25, -0.2) is 0 Å². The second-order valence-electron chi connectivity index (χ2n) is 5.89. The number of pyridine rings is 1. The molecule has 2 nitrogen and oxygen atoms in total. The van der Waals surface area contributed by atoms with Gasteiger partial charge in [0.25, 0.3) is 0 Å². The second kappa shape index (κ2) is 5.30. The molecule has 0 aliphatic heterocycles. The molecular weight excluding hydrogens is 232 g/mol. The summed E-state index contributed by atoms with van der Waals surface area (Å²) in [6.07, 6.45) is 2.86. The van der Waals surface area contributed by atoms with Crippen LogP contribution in [0.4, 0.5) is 0 Å². The average molecular weight is 254 g/mol. The summed E-state index contributed by atoms with van der Waals surface area (Å²) in [4.78, 5) is 4.59. The molecule has 19 heavy (non-hydrogen) atoms. The summed E-state index contributed by atoms with van der Waals surface area (Å²) in [7, 11) is 0. The van der Waals surface area contributed by atoms with Crippen molar-refractivity contribution in [3.8, 4) is 0 Å². The Labute approximate surface area is 115 Å². The van der Waals surface area contributed by atoms with Crippen LogP contribution in [-0.4, -0.2) is 11.5 Å². The number of rotatable bonds is 5. The zero-order valence-electron chi connectivity index (χ0n) is 11.8. The van der Waals surface area contributed by atoms with Crippen molar-refractivity contribution in [2.75, 3.05) is 6.54 Å². The SMILES string of the molecule is Cc1cc(CNCC(C)C2CC2)c2ccccc2n1. The van der Waals surface area contributed by atoms with Crippen LogP contribution < -0.4 is 5.32 Å². The van der Waals surface area contributed by atoms with Crippen LogP contribution in [0.5, 0.6) is 0 Å². The Kier molecular flexibility index (Phi) is 3.52. The maximum atomic E-state index is 4.59. The van der Waals surface area contributed by atoms with E-state index < -0.39 is 0 Å². The molecular formula is C17H22N2. The van der Waals surface area contributed by atoms with Gasteiger partial charge in [0.05, 0.1) is 5.52 Å². The lowest BCUT2D eigenvalue weighted by Gasteiger charge is -2.13. The lowest BCUT2D eigenvalue weighted by Crippen LogP contribution is -2.22. The number of para-hydroxylation sites is 1. The number of nitrogens with one attached hydrogen (secondary N) is 1. The molecule has 3 rings (SSSR count). The molecule has 2 aromatic rings. The monoisotopic (exact) mass is 254 g/mol. The molecule has 1 unspecified atom stereocenters. The third-order valence-electron chi connectivity index (χ3n) is 4.14. The van der Waals surface area contributed by atoms with Gasteiger partial charge in [0.1, 0.15) is 0 Å². The minimum atomic E-state index is 0.814. The van der Waals surface area contributed by atoms with Gasteiger partial charge in [0.15, 0.2) is 0 Å². The van der Waals surface area contributed by atoms with E-state index in [2.05, 4.69) is 54.5 Å². The second-order valence-corrected chi connectivity index (χ2v) is 5.89. The molecule has 1 atom stereocenters. The molecule has 0 radical (unpaired) electrons. The van der Waals surface area contributed by atoms with Gasteiger partial charge in [-0.3, -0.25) is 4.98 Å². The van der Waals surface area contributed by atoms with Crippen LogP contribution in [0.15, 0.2) is 30.3 Å². The molecule has 0 spiro atoms. The van der Waals surface area contributed by atoms with Gasteiger partial charge in [0, 0.05) is 17.6 Å². The Balaban J connectivity index is 1.72. The first-order chi connectivity index (χ1) is 9.24. The van der Waals surface area contributed by atoms with Crippen LogP contribution in [0.25, 0.3) is 10.9 Å². The molecule has 1 aromatic heterocycles. The van der Waals surface area contributed by atoms with Crippen LogP contribution in [0, 0.1) is 18.8 Å². The summed E-state index contributed by atoms with van der Waals surface area (Å²) in [6, 6.07) is 10.6. The molecule has 2 heteroatoms. The number of hydrogen-bond acceptors (Lipinski definition) is 2. The van der Waals surface area contributed by atoms with E-state index >= 15 is 0 Å². The minimum absolute atomic E-state index is 0.814. The van der Waals surface area contributed by atoms with Crippen molar-refractivity contribution in [2.45, 2.75) is 33.2 Å². The normalized spacial score (nSPS) is 16.7. The molecule has 100 valence electrons. The van der Waals surface area contributed by atoms with Gasteiger partial charge >= 0.3 is 0 Å². The Morgan fingerprint density at radius 3 is 2.89 bits per heavy atom. The van der Waals surface area contributed by atoms with Gasteiger partial charge in [-0.2, -0.15) is 0 Å². The highest BCUT2D eigenvalue weighted by atomic mass is 14.9. The molecule has 1 fully saturated rings. The fourth-order valence-corrected chi connectivity index (χ4v) is 2.81. The quantitative estimate of drug-likeness (QED) is 0.880. The number of aromatic nitrogens is 1. The van der Waals surface area contributed by atoms with Crippen LogP contribution >= 0.6 is 0 Å². The van der Waals surface area contributed by atoms with Gasteiger partial charge in [-0.05, 0) is 55.8 Å². The van der Waals surface area contributed by atoms with Crippen LogP contribution in [0.1, 0.15) is 31.0 Å². The molecule has 0 amide bonds. The predicted octanol–water partition coefficient (Wildman–Crippen LogP) is 3.68. The zero-order valence-corrected chi connectivity index (χ0v) is 11.8. The Morgan fingerprint density at radius 1 is 1.32 bits per heavy atom. The van der Waals surface area contributed by atoms with E-state index in [0.29, 0.717) is 0 Å². The van der Waals surface area contributed by atoms with E-state index in [-0.39, 0.29) is 0 Å². The summed E-state index contributed by atoms with van der Waals surface area (Å²) < 4.78 is 0. The number of nitrogens with zero attached hydrogens (tertiary/aromatic N) is 1. The standard InChI is InChI=1S/C17H22N2/c1-12(14-7-8-14)10-18-11-15-9-13(2)19-17-6-4-3-5-16(15)17/h3-6,9,12,14,18H,7-8,10-11H2,1-2H3. The number of benzene rings is 1. The highest BCUT2D eigenvalue weighted by molar-refractivity contribution is 5.82. The van der Waals surface area contributed by atoms with Crippen molar-refractivity contribution >= 4 is 10.9 Å². The maximum Gasteiger partial charge on any atom is 0.0708 e. The van der Waals surface area contributed by atoms with Crippen molar-refractivity contribution in [1.29, 1.82) is 0 Å². The summed E-state index contributed by atoms with van der Waals surface area (Å²) >= 11 is 0. The van der Waals surface area contributed by atoms with Crippen molar-refractivity contribution < 1.29 is 0 Å². The molecule has 1 N–H and O–H groups in total.